The summed E-state index contributed by atoms with van der Waals surface area (Å²) < 4.78 is 0. The van der Waals surface area contributed by atoms with E-state index >= 15 is 0 Å². The van der Waals surface area contributed by atoms with Crippen molar-refractivity contribution in [2.75, 3.05) is 25.4 Å². The number of nitrogens with one attached hydrogen (secondary N) is 1. The van der Waals surface area contributed by atoms with Crippen LogP contribution in [0.15, 0.2) is 18.2 Å². The van der Waals surface area contributed by atoms with Gasteiger partial charge in [0.15, 0.2) is 0 Å². The van der Waals surface area contributed by atoms with Crippen molar-refractivity contribution in [2.45, 2.75) is 13.0 Å². The molecule has 1 aromatic carbocycles. The zero-order valence-corrected chi connectivity index (χ0v) is 10.6. The minimum atomic E-state index is -1.03. The molecule has 19 heavy (non-hydrogen) atoms. The lowest BCUT2D eigenvalue weighted by molar-refractivity contribution is -0.121. The Morgan fingerprint density at radius 3 is 3.00 bits per heavy atom. The highest BCUT2D eigenvalue weighted by Gasteiger charge is 2.19. The number of rotatable bonds is 3. The average Bonchev–Trinajstić information content (AvgIpc) is 2.53. The molecule has 1 fully saturated rings. The van der Waals surface area contributed by atoms with Gasteiger partial charge < -0.3 is 16.2 Å². The van der Waals surface area contributed by atoms with Crippen molar-refractivity contribution in [1.29, 1.82) is 0 Å². The fourth-order valence-corrected chi connectivity index (χ4v) is 2.26. The molecular formula is C13H17N3O3. The molecule has 2 rings (SSSR count). The van der Waals surface area contributed by atoms with Gasteiger partial charge in [0.2, 0.25) is 5.91 Å². The van der Waals surface area contributed by atoms with Crippen molar-refractivity contribution in [3.8, 4) is 0 Å². The second kappa shape index (κ2) is 5.71. The van der Waals surface area contributed by atoms with Crippen molar-refractivity contribution >= 4 is 17.6 Å². The fourth-order valence-electron chi connectivity index (χ4n) is 2.26. The lowest BCUT2D eigenvalue weighted by Gasteiger charge is -2.20. The number of aromatic carboxylic acids is 1. The Morgan fingerprint density at radius 2 is 2.26 bits per heavy atom. The SMILES string of the molecule is Nc1cccc(CN2CCCNC(=O)C2)c1C(=O)O. The number of hydrogen-bond acceptors (Lipinski definition) is 4. The van der Waals surface area contributed by atoms with Gasteiger partial charge >= 0.3 is 5.97 Å². The van der Waals surface area contributed by atoms with E-state index < -0.39 is 5.97 Å². The van der Waals surface area contributed by atoms with Gasteiger partial charge in [-0.25, -0.2) is 4.79 Å². The van der Waals surface area contributed by atoms with Crippen LogP contribution in [0.4, 0.5) is 5.69 Å². The van der Waals surface area contributed by atoms with Crippen LogP contribution < -0.4 is 11.1 Å². The smallest absolute Gasteiger partial charge is 0.338 e. The molecule has 1 aliphatic heterocycles. The number of carbonyl (C=O) groups excluding carboxylic acids is 1. The third-order valence-corrected chi connectivity index (χ3v) is 3.13. The number of carboxylic acid groups (broad SMARTS) is 1. The van der Waals surface area contributed by atoms with Crippen LogP contribution in [0.25, 0.3) is 0 Å². The highest BCUT2D eigenvalue weighted by Crippen LogP contribution is 2.19. The van der Waals surface area contributed by atoms with Gasteiger partial charge in [-0.15, -0.1) is 0 Å². The van der Waals surface area contributed by atoms with Gasteiger partial charge in [0.1, 0.15) is 0 Å². The zero-order valence-electron chi connectivity index (χ0n) is 10.6. The predicted octanol–water partition coefficient (Wildman–Crippen LogP) is 0.289. The van der Waals surface area contributed by atoms with Crippen LogP contribution in [0.2, 0.25) is 0 Å². The van der Waals surface area contributed by atoms with Gasteiger partial charge in [0, 0.05) is 25.3 Å². The Balaban J connectivity index is 2.20. The maximum Gasteiger partial charge on any atom is 0.338 e. The number of hydrogen-bond donors (Lipinski definition) is 3. The normalized spacial score (nSPS) is 16.7. The van der Waals surface area contributed by atoms with Crippen LogP contribution in [-0.4, -0.2) is 41.5 Å². The molecule has 0 spiro atoms. The third kappa shape index (κ3) is 3.23. The number of nitrogens with zero attached hydrogens (tertiary/aromatic N) is 1. The van der Waals surface area contributed by atoms with E-state index in [1.165, 1.54) is 0 Å². The molecule has 0 bridgehead atoms. The topological polar surface area (TPSA) is 95.7 Å². The van der Waals surface area contributed by atoms with Crippen molar-refractivity contribution in [1.82, 2.24) is 10.2 Å². The van der Waals surface area contributed by atoms with E-state index in [4.69, 9.17) is 5.73 Å². The van der Waals surface area contributed by atoms with Crippen LogP contribution >= 0.6 is 0 Å². The second-order valence-corrected chi connectivity index (χ2v) is 4.60. The lowest BCUT2D eigenvalue weighted by atomic mass is 10.0. The highest BCUT2D eigenvalue weighted by molar-refractivity contribution is 5.95. The van der Waals surface area contributed by atoms with Crippen LogP contribution in [-0.2, 0) is 11.3 Å². The van der Waals surface area contributed by atoms with E-state index in [2.05, 4.69) is 5.32 Å². The number of nitrogens with two attached hydrogens (primary N) is 1. The largest absolute Gasteiger partial charge is 0.478 e. The molecule has 0 atom stereocenters. The van der Waals surface area contributed by atoms with Gasteiger partial charge in [-0.05, 0) is 18.1 Å². The number of carboxylic acids is 1. The van der Waals surface area contributed by atoms with Crippen LogP contribution in [0.3, 0.4) is 0 Å². The monoisotopic (exact) mass is 263 g/mol. The Bertz CT molecular complexity index is 502. The first-order valence-electron chi connectivity index (χ1n) is 6.17. The first-order chi connectivity index (χ1) is 9.08. The van der Waals surface area contributed by atoms with Crippen molar-refractivity contribution < 1.29 is 14.7 Å². The first-order valence-corrected chi connectivity index (χ1v) is 6.17. The van der Waals surface area contributed by atoms with Gasteiger partial charge in [-0.1, -0.05) is 12.1 Å². The molecule has 0 saturated carbocycles. The minimum Gasteiger partial charge on any atom is -0.478 e. The average molecular weight is 263 g/mol. The van der Waals surface area contributed by atoms with E-state index in [0.717, 1.165) is 13.0 Å². The molecule has 6 heteroatoms. The van der Waals surface area contributed by atoms with Gasteiger partial charge in [-0.2, -0.15) is 0 Å². The fraction of sp³-hybridized carbons (Fsp3) is 0.385. The summed E-state index contributed by atoms with van der Waals surface area (Å²) in [4.78, 5) is 24.6. The first kappa shape index (κ1) is 13.4. The molecule has 0 aliphatic carbocycles. The Kier molecular flexibility index (Phi) is 4.01. The van der Waals surface area contributed by atoms with E-state index in [1.54, 1.807) is 18.2 Å². The summed E-state index contributed by atoms with van der Waals surface area (Å²) in [5, 5.41) is 12.0. The van der Waals surface area contributed by atoms with Crippen molar-refractivity contribution in [3.05, 3.63) is 29.3 Å². The number of carbonyl (C=O) groups is 2. The standard InChI is InChI=1S/C13H17N3O3/c14-10-4-1-3-9(12(10)13(18)19)7-16-6-2-5-15-11(17)8-16/h1,3-4H,2,5-8,14H2,(H,15,17)(H,18,19). The van der Waals surface area contributed by atoms with Crippen molar-refractivity contribution in [2.24, 2.45) is 0 Å². The Labute approximate surface area is 111 Å². The molecule has 1 saturated heterocycles. The molecule has 102 valence electrons. The summed E-state index contributed by atoms with van der Waals surface area (Å²) >= 11 is 0. The van der Waals surface area contributed by atoms with Gasteiger partial charge in [-0.3, -0.25) is 9.69 Å². The highest BCUT2D eigenvalue weighted by atomic mass is 16.4. The number of amides is 1. The molecule has 1 heterocycles. The molecule has 1 amide bonds. The van der Waals surface area contributed by atoms with E-state index in [-0.39, 0.29) is 23.7 Å². The Hall–Kier alpha value is -2.08. The third-order valence-electron chi connectivity index (χ3n) is 3.13. The summed E-state index contributed by atoms with van der Waals surface area (Å²) in [6, 6.07) is 5.04. The number of benzene rings is 1. The summed E-state index contributed by atoms with van der Waals surface area (Å²) in [6.45, 7) is 2.12. The molecule has 1 aromatic rings. The molecule has 0 aromatic heterocycles. The van der Waals surface area contributed by atoms with Gasteiger partial charge in [0.25, 0.3) is 0 Å². The van der Waals surface area contributed by atoms with Crippen LogP contribution in [0.5, 0.6) is 0 Å². The minimum absolute atomic E-state index is 0.0294. The lowest BCUT2D eigenvalue weighted by Crippen LogP contribution is -2.33. The maximum absolute atomic E-state index is 11.5. The molecular weight excluding hydrogens is 246 g/mol. The predicted molar refractivity (Wildman–Crippen MR) is 70.7 cm³/mol. The van der Waals surface area contributed by atoms with Crippen LogP contribution in [0, 0.1) is 0 Å². The molecule has 6 nitrogen and oxygen atoms in total. The molecule has 0 radical (unpaired) electrons. The van der Waals surface area contributed by atoms with E-state index in [0.29, 0.717) is 18.7 Å². The molecule has 1 aliphatic rings. The zero-order chi connectivity index (χ0) is 13.8. The molecule has 4 N–H and O–H groups in total. The van der Waals surface area contributed by atoms with Crippen molar-refractivity contribution in [3.63, 3.8) is 0 Å². The number of nitrogen functional groups attached to an aromatic ring is 1. The van der Waals surface area contributed by atoms with E-state index in [9.17, 15) is 14.7 Å². The van der Waals surface area contributed by atoms with E-state index in [1.807, 2.05) is 4.90 Å². The quantitative estimate of drug-likeness (QED) is 0.681. The molecule has 0 unspecified atom stereocenters. The summed E-state index contributed by atoms with van der Waals surface area (Å²) in [6.07, 6.45) is 0.858. The second-order valence-electron chi connectivity index (χ2n) is 4.60. The van der Waals surface area contributed by atoms with Gasteiger partial charge in [0.05, 0.1) is 12.1 Å². The Morgan fingerprint density at radius 1 is 1.47 bits per heavy atom. The summed E-state index contributed by atoms with van der Waals surface area (Å²) in [5.41, 5.74) is 6.73. The number of anilines is 1. The maximum atomic E-state index is 11.5. The summed E-state index contributed by atoms with van der Waals surface area (Å²) in [5.74, 6) is -1.06. The van der Waals surface area contributed by atoms with Crippen LogP contribution in [0.1, 0.15) is 22.3 Å². The summed E-state index contributed by atoms with van der Waals surface area (Å²) in [7, 11) is 0.